The van der Waals surface area contributed by atoms with Crippen molar-refractivity contribution in [3.63, 3.8) is 0 Å². The molecular weight excluding hydrogens is 336 g/mol. The Morgan fingerprint density at radius 1 is 0.615 bits per heavy atom. The summed E-state index contributed by atoms with van der Waals surface area (Å²) in [5, 5.41) is 0. The minimum atomic E-state index is -1.94. The van der Waals surface area contributed by atoms with Crippen LogP contribution < -0.4 is 0 Å². The van der Waals surface area contributed by atoms with Crippen LogP contribution >= 0.6 is 0 Å². The molecule has 0 aliphatic carbocycles. The molecule has 1 atom stereocenters. The molecule has 2 nitrogen and oxygen atoms in total. The van der Waals surface area contributed by atoms with Gasteiger partial charge in [-0.15, -0.1) is 0 Å². The molecule has 0 aliphatic heterocycles. The van der Waals surface area contributed by atoms with E-state index in [9.17, 15) is 0 Å². The number of hydrogen-bond donors (Lipinski definition) is 0. The van der Waals surface area contributed by atoms with Gasteiger partial charge in [0.05, 0.1) is 0 Å². The van der Waals surface area contributed by atoms with E-state index in [1.54, 1.807) is 0 Å². The molecule has 0 amide bonds. The van der Waals surface area contributed by atoms with Crippen molar-refractivity contribution in [1.82, 2.24) is 0 Å². The molecule has 0 fully saturated rings. The molecule has 26 heavy (non-hydrogen) atoms. The molecule has 0 saturated carbocycles. The van der Waals surface area contributed by atoms with Crippen molar-refractivity contribution < 1.29 is 8.85 Å². The highest BCUT2D eigenvalue weighted by Gasteiger charge is 2.35. The fraction of sp³-hybridized carbons (Fsp3) is 1.00. The van der Waals surface area contributed by atoms with Gasteiger partial charge in [-0.1, -0.05) is 105 Å². The molecule has 0 N–H and O–H groups in total. The summed E-state index contributed by atoms with van der Waals surface area (Å²) < 4.78 is 12.8. The predicted octanol–water partition coefficient (Wildman–Crippen LogP) is 8.39. The molecule has 3 heteroatoms. The van der Waals surface area contributed by atoms with Crippen molar-refractivity contribution in [2.45, 2.75) is 143 Å². The molecule has 0 bridgehead atoms. The van der Waals surface area contributed by atoms with Gasteiger partial charge in [0.1, 0.15) is 0 Å². The standard InChI is InChI=1S/C23H50O2Si/c1-6-10-11-12-13-14-15-16-17-18-19-20-22-24-26(8-3,9-4)25-23(5)21-7-2/h23H,6-22H2,1-5H3. The van der Waals surface area contributed by atoms with E-state index >= 15 is 0 Å². The average Bonchev–Trinajstić information content (AvgIpc) is 2.64. The Kier molecular flexibility index (Phi) is 18.6. The Balaban J connectivity index is 3.61. The fourth-order valence-electron chi connectivity index (χ4n) is 3.69. The van der Waals surface area contributed by atoms with Crippen molar-refractivity contribution in [2.24, 2.45) is 0 Å². The average molecular weight is 387 g/mol. The maximum Gasteiger partial charge on any atom is 0.337 e. The zero-order valence-corrected chi connectivity index (χ0v) is 19.9. The molecular formula is C23H50O2Si. The van der Waals surface area contributed by atoms with Gasteiger partial charge in [0, 0.05) is 12.7 Å². The van der Waals surface area contributed by atoms with Crippen molar-refractivity contribution >= 4 is 8.56 Å². The monoisotopic (exact) mass is 386 g/mol. The molecule has 0 aliphatic rings. The van der Waals surface area contributed by atoms with Crippen molar-refractivity contribution in [2.75, 3.05) is 6.61 Å². The first-order valence-corrected chi connectivity index (χ1v) is 14.2. The van der Waals surface area contributed by atoms with Gasteiger partial charge in [-0.25, -0.2) is 0 Å². The second-order valence-electron chi connectivity index (χ2n) is 8.07. The summed E-state index contributed by atoms with van der Waals surface area (Å²) in [5.41, 5.74) is 0. The molecule has 0 rings (SSSR count). The summed E-state index contributed by atoms with van der Waals surface area (Å²) in [5.74, 6) is 0. The first-order chi connectivity index (χ1) is 12.6. The van der Waals surface area contributed by atoms with E-state index in [1.807, 2.05) is 0 Å². The lowest BCUT2D eigenvalue weighted by atomic mass is 10.1. The minimum absolute atomic E-state index is 0.355. The third-order valence-electron chi connectivity index (χ3n) is 5.55. The molecule has 0 aromatic rings. The lowest BCUT2D eigenvalue weighted by Gasteiger charge is -2.32. The van der Waals surface area contributed by atoms with Crippen LogP contribution in [0.2, 0.25) is 12.1 Å². The molecule has 0 aromatic heterocycles. The van der Waals surface area contributed by atoms with E-state index in [-0.39, 0.29) is 0 Å². The van der Waals surface area contributed by atoms with Crippen LogP contribution in [0.3, 0.4) is 0 Å². The first kappa shape index (κ1) is 26.1. The summed E-state index contributed by atoms with van der Waals surface area (Å²) in [6, 6.07) is 2.16. The van der Waals surface area contributed by atoms with Crippen LogP contribution in [0.25, 0.3) is 0 Å². The highest BCUT2D eigenvalue weighted by Crippen LogP contribution is 2.23. The molecule has 0 radical (unpaired) electrons. The molecule has 158 valence electrons. The third-order valence-corrected chi connectivity index (χ3v) is 9.27. The van der Waals surface area contributed by atoms with E-state index in [1.165, 1.54) is 83.5 Å². The summed E-state index contributed by atoms with van der Waals surface area (Å²) in [6.07, 6.45) is 19.4. The third kappa shape index (κ3) is 14.2. The molecule has 1 unspecified atom stereocenters. The SMILES string of the molecule is CCCCCCCCCCCCCCO[Si](CC)(CC)OC(C)CCC. The topological polar surface area (TPSA) is 18.5 Å². The highest BCUT2D eigenvalue weighted by atomic mass is 28.4. The second-order valence-corrected chi connectivity index (χ2v) is 11.8. The summed E-state index contributed by atoms with van der Waals surface area (Å²) in [4.78, 5) is 0. The molecule has 0 aromatic carbocycles. The quantitative estimate of drug-likeness (QED) is 0.154. The van der Waals surface area contributed by atoms with E-state index in [0.29, 0.717) is 6.10 Å². The zero-order chi connectivity index (χ0) is 19.5. The van der Waals surface area contributed by atoms with E-state index in [0.717, 1.165) is 25.1 Å². The van der Waals surface area contributed by atoms with Gasteiger partial charge >= 0.3 is 8.56 Å². The smallest absolute Gasteiger partial charge is 0.337 e. The van der Waals surface area contributed by atoms with E-state index in [4.69, 9.17) is 8.85 Å². The lowest BCUT2D eigenvalue weighted by molar-refractivity contribution is 0.115. The van der Waals surface area contributed by atoms with Crippen LogP contribution in [0.5, 0.6) is 0 Å². The molecule has 0 saturated heterocycles. The van der Waals surface area contributed by atoms with Crippen LogP contribution in [-0.2, 0) is 8.85 Å². The first-order valence-electron chi connectivity index (χ1n) is 12.0. The fourth-order valence-corrected chi connectivity index (χ4v) is 6.37. The van der Waals surface area contributed by atoms with Crippen molar-refractivity contribution in [1.29, 1.82) is 0 Å². The Bertz CT molecular complexity index is 279. The van der Waals surface area contributed by atoms with Gasteiger partial charge < -0.3 is 8.85 Å². The van der Waals surface area contributed by atoms with Crippen molar-refractivity contribution in [3.8, 4) is 0 Å². The predicted molar refractivity (Wildman–Crippen MR) is 119 cm³/mol. The summed E-state index contributed by atoms with van der Waals surface area (Å²) in [7, 11) is -1.94. The number of unbranched alkanes of at least 4 members (excludes halogenated alkanes) is 11. The normalized spacial score (nSPS) is 13.3. The minimum Gasteiger partial charge on any atom is -0.394 e. The Morgan fingerprint density at radius 3 is 1.50 bits per heavy atom. The van der Waals surface area contributed by atoms with Crippen LogP contribution in [0.4, 0.5) is 0 Å². The van der Waals surface area contributed by atoms with Crippen LogP contribution in [-0.4, -0.2) is 21.3 Å². The number of rotatable bonds is 20. The Hall–Kier alpha value is 0.137. The summed E-state index contributed by atoms with van der Waals surface area (Å²) in [6.45, 7) is 12.1. The second kappa shape index (κ2) is 18.5. The maximum absolute atomic E-state index is 6.40. The zero-order valence-electron chi connectivity index (χ0n) is 18.9. The Labute approximate surface area is 167 Å². The van der Waals surface area contributed by atoms with Gasteiger partial charge in [-0.3, -0.25) is 0 Å². The van der Waals surface area contributed by atoms with Crippen molar-refractivity contribution in [3.05, 3.63) is 0 Å². The Morgan fingerprint density at radius 2 is 1.08 bits per heavy atom. The molecule has 0 heterocycles. The van der Waals surface area contributed by atoms with E-state index in [2.05, 4.69) is 34.6 Å². The van der Waals surface area contributed by atoms with Gasteiger partial charge in [-0.05, 0) is 31.9 Å². The number of hydrogen-bond acceptors (Lipinski definition) is 2. The summed E-state index contributed by atoms with van der Waals surface area (Å²) >= 11 is 0. The van der Waals surface area contributed by atoms with Gasteiger partial charge in [0.25, 0.3) is 0 Å². The lowest BCUT2D eigenvalue weighted by Crippen LogP contribution is -2.43. The van der Waals surface area contributed by atoms with Crippen LogP contribution in [0, 0.1) is 0 Å². The molecule has 0 spiro atoms. The van der Waals surface area contributed by atoms with Crippen LogP contribution in [0.1, 0.15) is 125 Å². The highest BCUT2D eigenvalue weighted by molar-refractivity contribution is 6.67. The largest absolute Gasteiger partial charge is 0.394 e. The van der Waals surface area contributed by atoms with Crippen LogP contribution in [0.15, 0.2) is 0 Å². The van der Waals surface area contributed by atoms with Gasteiger partial charge in [0.15, 0.2) is 0 Å². The maximum atomic E-state index is 6.40. The van der Waals surface area contributed by atoms with Gasteiger partial charge in [0.2, 0.25) is 0 Å². The van der Waals surface area contributed by atoms with Gasteiger partial charge in [-0.2, -0.15) is 0 Å². The van der Waals surface area contributed by atoms with E-state index < -0.39 is 8.56 Å².